The zero-order valence-corrected chi connectivity index (χ0v) is 20.9. The molecule has 0 amide bonds. The Labute approximate surface area is 208 Å². The maximum absolute atomic E-state index is 13.2. The van der Waals surface area contributed by atoms with Gasteiger partial charge in [-0.3, -0.25) is 4.79 Å². The highest BCUT2D eigenvalue weighted by Crippen LogP contribution is 2.41. The van der Waals surface area contributed by atoms with E-state index in [1.807, 2.05) is 0 Å². The highest BCUT2D eigenvalue weighted by atomic mass is 79.9. The van der Waals surface area contributed by atoms with E-state index in [0.29, 0.717) is 35.7 Å². The van der Waals surface area contributed by atoms with Crippen LogP contribution in [0.4, 0.5) is 0 Å². The zero-order valence-electron chi connectivity index (χ0n) is 16.1. The quantitative estimate of drug-likeness (QED) is 0.195. The fourth-order valence-corrected chi connectivity index (χ4v) is 4.84. The predicted molar refractivity (Wildman–Crippen MR) is 131 cm³/mol. The van der Waals surface area contributed by atoms with E-state index < -0.39 is 11.8 Å². The molecule has 3 aromatic carbocycles. The van der Waals surface area contributed by atoms with Gasteiger partial charge in [-0.2, -0.15) is 0 Å². The number of rotatable bonds is 4. The first kappa shape index (κ1) is 22.5. The minimum Gasteiger partial charge on any atom is -0.507 e. The molecular formula is C24H13Br3O5. The van der Waals surface area contributed by atoms with E-state index >= 15 is 0 Å². The van der Waals surface area contributed by atoms with Gasteiger partial charge >= 0.3 is 5.97 Å². The molecule has 0 atom stereocenters. The van der Waals surface area contributed by atoms with Gasteiger partial charge in [0.1, 0.15) is 22.8 Å². The lowest BCUT2D eigenvalue weighted by Gasteiger charge is -2.09. The number of ether oxygens (including phenoxy) is 1. The van der Waals surface area contributed by atoms with Crippen molar-refractivity contribution in [2.45, 2.75) is 0 Å². The number of carbonyl (C=O) groups excluding carboxylic acids is 2. The molecule has 3 aromatic rings. The van der Waals surface area contributed by atoms with Crippen molar-refractivity contribution in [3.63, 3.8) is 0 Å². The van der Waals surface area contributed by atoms with Crippen molar-refractivity contribution in [3.8, 4) is 11.5 Å². The maximum Gasteiger partial charge on any atom is 0.348 e. The molecular weight excluding hydrogens is 608 g/mol. The van der Waals surface area contributed by atoms with Crippen molar-refractivity contribution >= 4 is 71.2 Å². The normalized spacial score (nSPS) is 14.7. The fourth-order valence-electron chi connectivity index (χ4n) is 3.24. The van der Waals surface area contributed by atoms with Gasteiger partial charge in [0, 0.05) is 11.1 Å². The van der Waals surface area contributed by atoms with Crippen LogP contribution in [0.3, 0.4) is 0 Å². The Hall–Kier alpha value is -2.68. The van der Waals surface area contributed by atoms with Crippen LogP contribution in [0, 0.1) is 0 Å². The van der Waals surface area contributed by atoms with Crippen LogP contribution in [0.2, 0.25) is 0 Å². The molecule has 4 rings (SSSR count). The first-order chi connectivity index (χ1) is 15.3. The zero-order chi connectivity index (χ0) is 23.0. The van der Waals surface area contributed by atoms with Gasteiger partial charge in [-0.25, -0.2) is 4.79 Å². The lowest BCUT2D eigenvalue weighted by Crippen LogP contribution is -2.11. The molecule has 0 saturated carbocycles. The summed E-state index contributed by atoms with van der Waals surface area (Å²) in [4.78, 5) is 26.1. The average Bonchev–Trinajstić information content (AvgIpc) is 3.09. The number of aromatic hydroxyl groups is 2. The van der Waals surface area contributed by atoms with Gasteiger partial charge in [-0.1, -0.05) is 36.4 Å². The van der Waals surface area contributed by atoms with Crippen LogP contribution in [-0.2, 0) is 9.53 Å². The van der Waals surface area contributed by atoms with Crippen LogP contribution in [0.5, 0.6) is 11.5 Å². The molecule has 0 aliphatic carbocycles. The molecule has 5 nitrogen and oxygen atoms in total. The van der Waals surface area contributed by atoms with Gasteiger partial charge in [0.15, 0.2) is 0 Å². The number of hydrogen-bond acceptors (Lipinski definition) is 5. The van der Waals surface area contributed by atoms with Crippen LogP contribution in [0.15, 0.2) is 85.4 Å². The predicted octanol–water partition coefficient (Wildman–Crippen LogP) is 6.62. The van der Waals surface area contributed by atoms with Gasteiger partial charge in [-0.05, 0) is 89.3 Å². The lowest BCUT2D eigenvalue weighted by atomic mass is 9.93. The number of halogens is 3. The number of esters is 1. The number of cyclic esters (lactones) is 1. The molecule has 0 unspecified atom stereocenters. The van der Waals surface area contributed by atoms with E-state index in [1.54, 1.807) is 60.7 Å². The third-order valence-corrected chi connectivity index (χ3v) is 6.58. The molecule has 0 bridgehead atoms. The molecule has 1 heterocycles. The first-order valence-corrected chi connectivity index (χ1v) is 11.6. The summed E-state index contributed by atoms with van der Waals surface area (Å²) in [7, 11) is 0. The summed E-state index contributed by atoms with van der Waals surface area (Å²) >= 11 is 9.85. The second-order valence-corrected chi connectivity index (χ2v) is 9.41. The molecule has 2 N–H and O–H groups in total. The summed E-state index contributed by atoms with van der Waals surface area (Å²) in [6.07, 6.45) is 1.61. The largest absolute Gasteiger partial charge is 0.507 e. The summed E-state index contributed by atoms with van der Waals surface area (Å²) in [6, 6.07) is 16.5. The lowest BCUT2D eigenvalue weighted by molar-refractivity contribution is -0.132. The number of ketones is 1. The number of Topliss-reactive ketones (excluding diaryl/α,β-unsaturated/α-hetero) is 1. The standard InChI is InChI=1S/C24H13Br3O5/c25-15-11-14(6-7-18(15)28)20-19(10-12-8-16(26)23(30)17(27)9-12)32-24(31)21(20)22(29)13-4-2-1-3-5-13/h1-11,28,30H/b19-10-. The highest BCUT2D eigenvalue weighted by Gasteiger charge is 2.36. The SMILES string of the molecule is O=C1O/C(=C\c2cc(Br)c(O)c(Br)c2)C(c2ccc(O)c(Br)c2)=C1C(=O)c1ccccc1. The molecule has 32 heavy (non-hydrogen) atoms. The van der Waals surface area contributed by atoms with Gasteiger partial charge in [0.2, 0.25) is 5.78 Å². The second-order valence-electron chi connectivity index (χ2n) is 6.84. The van der Waals surface area contributed by atoms with Crippen LogP contribution in [-0.4, -0.2) is 22.0 Å². The molecule has 0 saturated heterocycles. The van der Waals surface area contributed by atoms with Crippen LogP contribution in [0.1, 0.15) is 21.5 Å². The average molecular weight is 621 g/mol. The van der Waals surface area contributed by atoms with Crippen molar-refractivity contribution in [2.75, 3.05) is 0 Å². The number of benzene rings is 3. The summed E-state index contributed by atoms with van der Waals surface area (Å²) in [5.74, 6) is -0.995. The third-order valence-electron chi connectivity index (χ3n) is 4.74. The summed E-state index contributed by atoms with van der Waals surface area (Å²) in [6.45, 7) is 0. The van der Waals surface area contributed by atoms with E-state index in [0.717, 1.165) is 0 Å². The molecule has 0 fully saturated rings. The first-order valence-electron chi connectivity index (χ1n) is 9.21. The van der Waals surface area contributed by atoms with Crippen molar-refractivity contribution in [3.05, 3.63) is 102 Å². The number of allylic oxidation sites excluding steroid dienone is 1. The summed E-state index contributed by atoms with van der Waals surface area (Å²) in [5, 5.41) is 19.9. The Morgan fingerprint density at radius 1 is 0.875 bits per heavy atom. The van der Waals surface area contributed by atoms with Gasteiger partial charge in [0.05, 0.1) is 13.4 Å². The topological polar surface area (TPSA) is 83.8 Å². The molecule has 0 radical (unpaired) electrons. The molecule has 160 valence electrons. The number of phenols is 2. The van der Waals surface area contributed by atoms with Crippen LogP contribution < -0.4 is 0 Å². The summed E-state index contributed by atoms with van der Waals surface area (Å²) < 4.78 is 6.82. The molecule has 1 aliphatic rings. The maximum atomic E-state index is 13.2. The number of carbonyl (C=O) groups is 2. The van der Waals surface area contributed by atoms with Crippen molar-refractivity contribution in [1.29, 1.82) is 0 Å². The van der Waals surface area contributed by atoms with Crippen molar-refractivity contribution in [1.82, 2.24) is 0 Å². The van der Waals surface area contributed by atoms with E-state index in [4.69, 9.17) is 4.74 Å². The van der Waals surface area contributed by atoms with Crippen LogP contribution in [0.25, 0.3) is 11.6 Å². The minimum atomic E-state index is -0.763. The van der Waals surface area contributed by atoms with E-state index in [1.165, 1.54) is 6.07 Å². The van der Waals surface area contributed by atoms with Crippen molar-refractivity contribution < 1.29 is 24.5 Å². The number of phenolic OH excluding ortho intramolecular Hbond substituents is 2. The Kier molecular flexibility index (Phi) is 6.37. The molecule has 0 aromatic heterocycles. The monoisotopic (exact) mass is 618 g/mol. The molecule has 1 aliphatic heterocycles. The molecule has 8 heteroatoms. The van der Waals surface area contributed by atoms with E-state index in [2.05, 4.69) is 47.8 Å². The Morgan fingerprint density at radius 2 is 1.53 bits per heavy atom. The number of hydrogen-bond donors (Lipinski definition) is 2. The van der Waals surface area contributed by atoms with Gasteiger partial charge in [-0.15, -0.1) is 0 Å². The Bertz CT molecular complexity index is 1300. The van der Waals surface area contributed by atoms with E-state index in [-0.39, 0.29) is 22.8 Å². The Balaban J connectivity index is 1.94. The highest BCUT2D eigenvalue weighted by molar-refractivity contribution is 9.11. The van der Waals surface area contributed by atoms with Crippen molar-refractivity contribution in [2.24, 2.45) is 0 Å². The Morgan fingerprint density at radius 3 is 2.16 bits per heavy atom. The van der Waals surface area contributed by atoms with E-state index in [9.17, 15) is 19.8 Å². The van der Waals surface area contributed by atoms with Crippen LogP contribution >= 0.6 is 47.8 Å². The smallest absolute Gasteiger partial charge is 0.348 e. The minimum absolute atomic E-state index is 0.0208. The third kappa shape index (κ3) is 4.30. The van der Waals surface area contributed by atoms with Gasteiger partial charge in [0.25, 0.3) is 0 Å². The van der Waals surface area contributed by atoms with Gasteiger partial charge < -0.3 is 14.9 Å². The fraction of sp³-hybridized carbons (Fsp3) is 0. The molecule has 0 spiro atoms. The summed E-state index contributed by atoms with van der Waals surface area (Å²) in [5.41, 5.74) is 1.70. The second kappa shape index (κ2) is 9.05.